The molecule has 0 saturated carbocycles. The molecular formula is C15H15F2NO2. The lowest BCUT2D eigenvalue weighted by molar-refractivity contribution is -0.138. The van der Waals surface area contributed by atoms with Crippen LogP contribution in [0.1, 0.15) is 30.5 Å². The molecule has 0 aliphatic heterocycles. The molecule has 2 N–H and O–H groups in total. The average molecular weight is 279 g/mol. The normalized spacial score (nSPS) is 18.8. The second-order valence-electron chi connectivity index (χ2n) is 5.45. The van der Waals surface area contributed by atoms with E-state index in [1.807, 2.05) is 0 Å². The first-order valence-electron chi connectivity index (χ1n) is 6.75. The Morgan fingerprint density at radius 3 is 2.95 bits per heavy atom. The highest BCUT2D eigenvalue weighted by Gasteiger charge is 2.23. The number of hydrogen-bond acceptors (Lipinski definition) is 1. The Bertz CT molecular complexity index is 678. The Hall–Kier alpha value is -1.91. The van der Waals surface area contributed by atoms with E-state index in [4.69, 9.17) is 5.11 Å². The number of benzene rings is 1. The summed E-state index contributed by atoms with van der Waals surface area (Å²) in [6, 6.07) is 2.22. The minimum Gasteiger partial charge on any atom is -0.481 e. The van der Waals surface area contributed by atoms with Gasteiger partial charge in [-0.3, -0.25) is 4.79 Å². The molecule has 1 aliphatic carbocycles. The van der Waals surface area contributed by atoms with Gasteiger partial charge < -0.3 is 10.1 Å². The number of rotatable bonds is 2. The highest BCUT2D eigenvalue weighted by Crippen LogP contribution is 2.33. The molecule has 1 aromatic carbocycles. The van der Waals surface area contributed by atoms with E-state index in [0.717, 1.165) is 36.6 Å². The van der Waals surface area contributed by atoms with Crippen LogP contribution in [0.25, 0.3) is 10.9 Å². The SMILES string of the molecule is O=C(O)CC1CCCc2c([nH]c3c(F)cc(F)cc23)C1. The minimum atomic E-state index is -0.813. The summed E-state index contributed by atoms with van der Waals surface area (Å²) in [4.78, 5) is 13.9. The predicted molar refractivity (Wildman–Crippen MR) is 70.6 cm³/mol. The van der Waals surface area contributed by atoms with Gasteiger partial charge in [0.1, 0.15) is 11.6 Å². The molecule has 0 spiro atoms. The summed E-state index contributed by atoms with van der Waals surface area (Å²) in [7, 11) is 0. The zero-order chi connectivity index (χ0) is 14.3. The number of carbonyl (C=O) groups is 1. The molecule has 0 fully saturated rings. The molecule has 1 atom stereocenters. The van der Waals surface area contributed by atoms with Crippen LogP contribution in [-0.4, -0.2) is 16.1 Å². The van der Waals surface area contributed by atoms with Crippen LogP contribution in [0.5, 0.6) is 0 Å². The van der Waals surface area contributed by atoms with E-state index in [1.54, 1.807) is 0 Å². The van der Waals surface area contributed by atoms with Crippen LogP contribution in [-0.2, 0) is 17.6 Å². The van der Waals surface area contributed by atoms with Crippen LogP contribution >= 0.6 is 0 Å². The van der Waals surface area contributed by atoms with Crippen molar-refractivity contribution in [2.45, 2.75) is 32.1 Å². The van der Waals surface area contributed by atoms with Crippen LogP contribution in [0.15, 0.2) is 12.1 Å². The van der Waals surface area contributed by atoms with E-state index in [-0.39, 0.29) is 12.3 Å². The number of carboxylic acids is 1. The molecule has 3 nitrogen and oxygen atoms in total. The third-order valence-corrected chi connectivity index (χ3v) is 4.02. The molecule has 3 rings (SSSR count). The summed E-state index contributed by atoms with van der Waals surface area (Å²) in [5.74, 6) is -1.94. The monoisotopic (exact) mass is 279 g/mol. The Morgan fingerprint density at radius 2 is 2.20 bits per heavy atom. The zero-order valence-electron chi connectivity index (χ0n) is 10.9. The van der Waals surface area contributed by atoms with Gasteiger partial charge in [0.25, 0.3) is 0 Å². The third kappa shape index (κ3) is 2.28. The van der Waals surface area contributed by atoms with Crippen molar-refractivity contribution >= 4 is 16.9 Å². The van der Waals surface area contributed by atoms with Gasteiger partial charge in [-0.05, 0) is 43.2 Å². The van der Waals surface area contributed by atoms with Gasteiger partial charge in [0, 0.05) is 23.6 Å². The Labute approximate surface area is 114 Å². The Kier molecular flexibility index (Phi) is 3.20. The number of halogens is 2. The number of nitrogens with one attached hydrogen (secondary N) is 1. The van der Waals surface area contributed by atoms with Crippen molar-refractivity contribution in [2.24, 2.45) is 5.92 Å². The molecule has 5 heteroatoms. The highest BCUT2D eigenvalue weighted by molar-refractivity contribution is 5.85. The van der Waals surface area contributed by atoms with Crippen molar-refractivity contribution in [3.8, 4) is 0 Å². The van der Waals surface area contributed by atoms with Crippen LogP contribution < -0.4 is 0 Å². The van der Waals surface area contributed by atoms with Crippen molar-refractivity contribution < 1.29 is 18.7 Å². The second-order valence-corrected chi connectivity index (χ2v) is 5.45. The molecule has 106 valence electrons. The predicted octanol–water partition coefficient (Wildman–Crippen LogP) is 3.42. The van der Waals surface area contributed by atoms with Gasteiger partial charge in [0.15, 0.2) is 0 Å². The number of aliphatic carboxylic acids is 1. The second kappa shape index (κ2) is 4.89. The van der Waals surface area contributed by atoms with Crippen LogP contribution in [0.3, 0.4) is 0 Å². The topological polar surface area (TPSA) is 53.1 Å². The van der Waals surface area contributed by atoms with Gasteiger partial charge >= 0.3 is 5.97 Å². The standard InChI is InChI=1S/C15H15F2NO2/c16-9-6-11-10-3-1-2-8(5-14(19)20)4-13(10)18-15(11)12(17)7-9/h6-8,18H,1-5H2,(H,19,20). The van der Waals surface area contributed by atoms with E-state index in [9.17, 15) is 13.6 Å². The van der Waals surface area contributed by atoms with Gasteiger partial charge in [-0.25, -0.2) is 8.78 Å². The largest absolute Gasteiger partial charge is 0.481 e. The van der Waals surface area contributed by atoms with Crippen LogP contribution in [0.2, 0.25) is 0 Å². The van der Waals surface area contributed by atoms with Crippen molar-refractivity contribution in [1.82, 2.24) is 4.98 Å². The maximum Gasteiger partial charge on any atom is 0.303 e. The van der Waals surface area contributed by atoms with Gasteiger partial charge in [-0.1, -0.05) is 0 Å². The highest BCUT2D eigenvalue weighted by atomic mass is 19.1. The van der Waals surface area contributed by atoms with Gasteiger partial charge in [0.2, 0.25) is 0 Å². The van der Waals surface area contributed by atoms with E-state index >= 15 is 0 Å². The molecule has 0 amide bonds. The van der Waals surface area contributed by atoms with Gasteiger partial charge in [0.05, 0.1) is 5.52 Å². The van der Waals surface area contributed by atoms with E-state index in [2.05, 4.69) is 4.98 Å². The molecule has 0 bridgehead atoms. The van der Waals surface area contributed by atoms with Crippen LogP contribution in [0, 0.1) is 17.6 Å². The zero-order valence-corrected chi connectivity index (χ0v) is 10.9. The van der Waals surface area contributed by atoms with Gasteiger partial charge in [-0.15, -0.1) is 0 Å². The average Bonchev–Trinajstić information content (AvgIpc) is 2.57. The first kappa shape index (κ1) is 13.1. The number of fused-ring (bicyclic) bond motifs is 3. The number of aromatic amines is 1. The fraction of sp³-hybridized carbons (Fsp3) is 0.400. The minimum absolute atomic E-state index is 0.0507. The lowest BCUT2D eigenvalue weighted by atomic mass is 9.96. The number of H-pyrrole nitrogens is 1. The molecule has 0 radical (unpaired) electrons. The summed E-state index contributed by atoms with van der Waals surface area (Å²) < 4.78 is 27.1. The summed E-state index contributed by atoms with van der Waals surface area (Å²) in [5, 5.41) is 9.50. The van der Waals surface area contributed by atoms with Crippen molar-refractivity contribution in [3.05, 3.63) is 35.0 Å². The van der Waals surface area contributed by atoms with Crippen molar-refractivity contribution in [3.63, 3.8) is 0 Å². The summed E-state index contributed by atoms with van der Waals surface area (Å²) in [5.41, 5.74) is 2.12. The molecule has 1 aliphatic rings. The van der Waals surface area contributed by atoms with Crippen LogP contribution in [0.4, 0.5) is 8.78 Å². The number of hydrogen-bond donors (Lipinski definition) is 2. The van der Waals surface area contributed by atoms with Gasteiger partial charge in [-0.2, -0.15) is 0 Å². The molecule has 20 heavy (non-hydrogen) atoms. The smallest absolute Gasteiger partial charge is 0.303 e. The third-order valence-electron chi connectivity index (χ3n) is 4.02. The summed E-state index contributed by atoms with van der Waals surface area (Å²) in [6.45, 7) is 0. The summed E-state index contributed by atoms with van der Waals surface area (Å²) in [6.07, 6.45) is 3.10. The fourth-order valence-corrected chi connectivity index (χ4v) is 3.17. The first-order valence-corrected chi connectivity index (χ1v) is 6.75. The van der Waals surface area contributed by atoms with Crippen molar-refractivity contribution in [2.75, 3.05) is 0 Å². The molecular weight excluding hydrogens is 264 g/mol. The van der Waals surface area contributed by atoms with Crippen molar-refractivity contribution in [1.29, 1.82) is 0 Å². The number of aromatic nitrogens is 1. The quantitative estimate of drug-likeness (QED) is 0.828. The van der Waals surface area contributed by atoms with E-state index in [0.29, 0.717) is 17.3 Å². The number of carboxylic acid groups (broad SMARTS) is 1. The summed E-state index contributed by atoms with van der Waals surface area (Å²) >= 11 is 0. The first-order chi connectivity index (χ1) is 9.54. The molecule has 1 aromatic heterocycles. The van der Waals surface area contributed by atoms with E-state index < -0.39 is 17.6 Å². The molecule has 1 heterocycles. The molecule has 1 unspecified atom stereocenters. The Balaban J connectivity index is 2.04. The lowest BCUT2D eigenvalue weighted by Crippen LogP contribution is -2.10. The fourth-order valence-electron chi connectivity index (χ4n) is 3.17. The maximum absolute atomic E-state index is 13.8. The number of aryl methyl sites for hydroxylation is 1. The molecule has 2 aromatic rings. The maximum atomic E-state index is 13.8. The van der Waals surface area contributed by atoms with E-state index in [1.165, 1.54) is 6.07 Å². The molecule has 0 saturated heterocycles. The Morgan fingerprint density at radius 1 is 1.40 bits per heavy atom. The lowest BCUT2D eigenvalue weighted by Gasteiger charge is -2.10.